The highest BCUT2D eigenvalue weighted by Crippen LogP contribution is 2.40. The van der Waals surface area contributed by atoms with E-state index in [9.17, 15) is 55.5 Å². The molecule has 10 unspecified atom stereocenters. The second-order valence-corrected chi connectivity index (χ2v) is 12.8. The van der Waals surface area contributed by atoms with Crippen LogP contribution in [0.1, 0.15) is 12.5 Å². The highest BCUT2D eigenvalue weighted by atomic mass is 16.8. The van der Waals surface area contributed by atoms with Gasteiger partial charge in [-0.05, 0) is 48.9 Å². The van der Waals surface area contributed by atoms with Crippen LogP contribution in [-0.4, -0.2) is 127 Å². The third-order valence-corrected chi connectivity index (χ3v) is 9.03. The van der Waals surface area contributed by atoms with E-state index in [1.54, 1.807) is 12.1 Å². The van der Waals surface area contributed by atoms with Gasteiger partial charge in [0.25, 0.3) is 0 Å². The number of hydrogen-bond donors (Lipinski definition) is 9. The zero-order valence-electron chi connectivity index (χ0n) is 29.0. The number of ether oxygens (including phenoxy) is 6. The maximum absolute atomic E-state index is 14.0. The molecular weight excluding hydrogens is 732 g/mol. The van der Waals surface area contributed by atoms with E-state index in [4.69, 9.17) is 32.8 Å². The first-order chi connectivity index (χ1) is 26.2. The van der Waals surface area contributed by atoms with Crippen LogP contribution in [0.25, 0.3) is 28.4 Å². The number of benzene rings is 3. The van der Waals surface area contributed by atoms with Crippen LogP contribution in [0.15, 0.2) is 69.9 Å². The zero-order chi connectivity index (χ0) is 39.7. The lowest BCUT2D eigenvalue weighted by atomic mass is 9.97. The molecule has 0 radical (unpaired) electrons. The van der Waals surface area contributed by atoms with Crippen LogP contribution in [0.3, 0.4) is 0 Å². The number of methoxy groups -OCH3 is 1. The number of aliphatic hydroxyl groups excluding tert-OH is 5. The molecule has 4 aromatic rings. The van der Waals surface area contributed by atoms with Gasteiger partial charge in [-0.2, -0.15) is 0 Å². The van der Waals surface area contributed by atoms with E-state index < -0.39 is 102 Å². The van der Waals surface area contributed by atoms with Crippen molar-refractivity contribution in [2.24, 2.45) is 0 Å². The molecule has 10 atom stereocenters. The van der Waals surface area contributed by atoms with Crippen LogP contribution >= 0.6 is 0 Å². The Balaban J connectivity index is 1.29. The summed E-state index contributed by atoms with van der Waals surface area (Å²) in [7, 11) is 1.28. The molecule has 2 saturated heterocycles. The molecule has 18 heteroatoms. The molecule has 0 amide bonds. The molecule has 294 valence electrons. The van der Waals surface area contributed by atoms with Gasteiger partial charge < -0.3 is 78.8 Å². The van der Waals surface area contributed by atoms with E-state index in [1.807, 2.05) is 0 Å². The number of aliphatic hydroxyl groups is 5. The molecule has 2 aliphatic rings. The van der Waals surface area contributed by atoms with Crippen LogP contribution in [0.4, 0.5) is 0 Å². The van der Waals surface area contributed by atoms with Gasteiger partial charge >= 0.3 is 5.97 Å². The summed E-state index contributed by atoms with van der Waals surface area (Å²) in [5.41, 5.74) is -0.617. The van der Waals surface area contributed by atoms with Crippen molar-refractivity contribution in [3.05, 3.63) is 76.5 Å². The Kier molecular flexibility index (Phi) is 11.5. The van der Waals surface area contributed by atoms with Crippen molar-refractivity contribution in [1.82, 2.24) is 0 Å². The SMILES string of the molecule is COc1cc(-c2oc3cc(O)cc(O)c3c(=O)c2OC2OC(C)C(O)C(O)C2OC2OC(COC(=O)/C=C/c3ccc(O)cc3)C(O)C(O)C2O)ccc1O. The molecule has 3 heterocycles. The van der Waals surface area contributed by atoms with Crippen molar-refractivity contribution in [1.29, 1.82) is 0 Å². The van der Waals surface area contributed by atoms with Gasteiger partial charge in [0.05, 0.1) is 13.2 Å². The van der Waals surface area contributed by atoms with Crippen molar-refractivity contribution < 1.29 is 83.6 Å². The lowest BCUT2D eigenvalue weighted by molar-refractivity contribution is -0.355. The molecule has 0 bridgehead atoms. The smallest absolute Gasteiger partial charge is 0.330 e. The number of fused-ring (bicyclic) bond motifs is 1. The minimum atomic E-state index is -1.99. The Hall–Kier alpha value is -5.44. The van der Waals surface area contributed by atoms with Crippen LogP contribution in [-0.2, 0) is 23.7 Å². The fraction of sp³-hybridized carbons (Fsp3) is 0.351. The molecule has 1 aromatic heterocycles. The molecule has 3 aromatic carbocycles. The van der Waals surface area contributed by atoms with E-state index in [0.29, 0.717) is 5.56 Å². The van der Waals surface area contributed by atoms with Crippen molar-refractivity contribution in [2.75, 3.05) is 13.7 Å². The average molecular weight is 771 g/mol. The summed E-state index contributed by atoms with van der Waals surface area (Å²) in [5.74, 6) is -3.24. The van der Waals surface area contributed by atoms with Crippen molar-refractivity contribution in [3.8, 4) is 45.8 Å². The van der Waals surface area contributed by atoms with Crippen LogP contribution in [0.2, 0.25) is 0 Å². The quantitative estimate of drug-likeness (QED) is 0.0788. The molecule has 2 aliphatic heterocycles. The second kappa shape index (κ2) is 16.1. The molecule has 0 saturated carbocycles. The van der Waals surface area contributed by atoms with E-state index in [-0.39, 0.29) is 34.2 Å². The van der Waals surface area contributed by atoms with Gasteiger partial charge in [-0.25, -0.2) is 4.79 Å². The number of esters is 1. The van der Waals surface area contributed by atoms with E-state index in [0.717, 1.165) is 18.2 Å². The third kappa shape index (κ3) is 8.16. The lowest BCUT2D eigenvalue weighted by Gasteiger charge is -2.45. The molecule has 9 N–H and O–H groups in total. The van der Waals surface area contributed by atoms with E-state index in [1.165, 1.54) is 50.4 Å². The van der Waals surface area contributed by atoms with Crippen molar-refractivity contribution in [2.45, 2.75) is 68.3 Å². The fourth-order valence-electron chi connectivity index (χ4n) is 6.03. The van der Waals surface area contributed by atoms with Gasteiger partial charge in [-0.15, -0.1) is 0 Å². The van der Waals surface area contributed by atoms with Gasteiger partial charge in [0.15, 0.2) is 29.7 Å². The number of carbonyl (C=O) groups excluding carboxylic acids is 1. The van der Waals surface area contributed by atoms with Gasteiger partial charge in [-0.1, -0.05) is 12.1 Å². The van der Waals surface area contributed by atoms with Crippen molar-refractivity contribution in [3.63, 3.8) is 0 Å². The minimum Gasteiger partial charge on any atom is -0.508 e. The van der Waals surface area contributed by atoms with E-state index in [2.05, 4.69) is 0 Å². The summed E-state index contributed by atoms with van der Waals surface area (Å²) < 4.78 is 39.6. The number of phenols is 4. The predicted octanol–water partition coefficient (Wildman–Crippen LogP) is 0.586. The largest absolute Gasteiger partial charge is 0.508 e. The van der Waals surface area contributed by atoms with E-state index >= 15 is 0 Å². The molecule has 18 nitrogen and oxygen atoms in total. The molecule has 0 spiro atoms. The van der Waals surface area contributed by atoms with Crippen LogP contribution < -0.4 is 14.9 Å². The average Bonchev–Trinajstić information content (AvgIpc) is 3.15. The Morgan fingerprint density at radius 1 is 0.800 bits per heavy atom. The predicted molar refractivity (Wildman–Crippen MR) is 186 cm³/mol. The highest BCUT2D eigenvalue weighted by Gasteiger charge is 2.51. The van der Waals surface area contributed by atoms with Crippen LogP contribution in [0, 0.1) is 0 Å². The summed E-state index contributed by atoms with van der Waals surface area (Å²) in [6, 6.07) is 11.7. The number of rotatable bonds is 10. The number of hydrogen-bond acceptors (Lipinski definition) is 18. The number of aromatic hydroxyl groups is 4. The van der Waals surface area contributed by atoms with Gasteiger partial charge in [0, 0.05) is 23.8 Å². The Labute approximate surface area is 310 Å². The second-order valence-electron chi connectivity index (χ2n) is 12.8. The minimum absolute atomic E-state index is 0.0244. The van der Waals surface area contributed by atoms with Crippen LogP contribution in [0.5, 0.6) is 34.5 Å². The van der Waals surface area contributed by atoms with Gasteiger partial charge in [0.1, 0.15) is 71.4 Å². The summed E-state index contributed by atoms with van der Waals surface area (Å²) in [4.78, 5) is 26.4. The third-order valence-electron chi connectivity index (χ3n) is 9.03. The topological polar surface area (TPSA) is 285 Å². The summed E-state index contributed by atoms with van der Waals surface area (Å²) in [5, 5.41) is 94.1. The molecule has 0 aliphatic carbocycles. The lowest BCUT2D eigenvalue weighted by Crippen LogP contribution is -2.64. The molecule has 2 fully saturated rings. The monoisotopic (exact) mass is 770 g/mol. The maximum Gasteiger partial charge on any atom is 0.330 e. The molecule has 6 rings (SSSR count). The first-order valence-corrected chi connectivity index (χ1v) is 16.7. The summed E-state index contributed by atoms with van der Waals surface area (Å²) >= 11 is 0. The standard InChI is InChI=1S/C37H38O18/c1-15-27(43)31(47)35(55-36-32(48)30(46)28(44)24(53-36)14-50-25(42)10-5-16-3-7-18(38)8-4-16)37(51-15)54-34-29(45)26-21(41)12-19(39)13-23(26)52-33(34)17-6-9-20(40)22(11-17)49-2/h3-13,15,24,27-28,30-32,35-41,43-44,46-48H,14H2,1-2H3/b10-5+. The number of phenolic OH excluding ortho intramolecular Hbond substituents is 4. The van der Waals surface area contributed by atoms with Crippen molar-refractivity contribution >= 4 is 23.0 Å². The zero-order valence-corrected chi connectivity index (χ0v) is 29.0. The fourth-order valence-corrected chi connectivity index (χ4v) is 6.03. The number of carbonyl (C=O) groups is 1. The maximum atomic E-state index is 14.0. The van der Waals surface area contributed by atoms with Gasteiger partial charge in [0.2, 0.25) is 17.5 Å². The normalized spacial score (nSPS) is 28.3. The Morgan fingerprint density at radius 3 is 2.24 bits per heavy atom. The summed E-state index contributed by atoms with van der Waals surface area (Å²) in [6.07, 6.45) is -15.0. The first-order valence-electron chi connectivity index (χ1n) is 16.7. The first kappa shape index (κ1) is 39.3. The molecule has 55 heavy (non-hydrogen) atoms. The van der Waals surface area contributed by atoms with Gasteiger partial charge in [-0.3, -0.25) is 4.79 Å². The Morgan fingerprint density at radius 2 is 1.53 bits per heavy atom. The highest BCUT2D eigenvalue weighted by molar-refractivity contribution is 5.88. The molecular formula is C37H38O18. The summed E-state index contributed by atoms with van der Waals surface area (Å²) in [6.45, 7) is 0.722. The Bertz CT molecular complexity index is 2100.